The summed E-state index contributed by atoms with van der Waals surface area (Å²) < 4.78 is 20.9. The van der Waals surface area contributed by atoms with Gasteiger partial charge in [0, 0.05) is 17.0 Å². The monoisotopic (exact) mass is 297 g/mol. The van der Waals surface area contributed by atoms with E-state index in [0.717, 1.165) is 10.9 Å². The number of fused-ring (bicyclic) bond motifs is 1. The Morgan fingerprint density at radius 2 is 1.91 bits per heavy atom. The van der Waals surface area contributed by atoms with E-state index in [1.807, 2.05) is 19.1 Å². The van der Waals surface area contributed by atoms with Crippen LogP contribution in [0.4, 0.5) is 4.39 Å². The molecule has 0 atom stereocenters. The van der Waals surface area contributed by atoms with E-state index < -0.39 is 0 Å². The molecule has 0 unspecified atom stereocenters. The van der Waals surface area contributed by atoms with E-state index in [0.29, 0.717) is 16.8 Å². The Labute approximate surface area is 127 Å². The van der Waals surface area contributed by atoms with E-state index >= 15 is 0 Å². The Balaban J connectivity index is 2.29. The Bertz CT molecular complexity index is 899. The summed E-state index contributed by atoms with van der Waals surface area (Å²) >= 11 is 0. The number of rotatable bonds is 3. The molecule has 0 radical (unpaired) electrons. The van der Waals surface area contributed by atoms with Gasteiger partial charge in [0.1, 0.15) is 11.6 Å². The van der Waals surface area contributed by atoms with Crippen LogP contribution in [0, 0.1) is 12.7 Å². The third kappa shape index (κ3) is 2.37. The van der Waals surface area contributed by atoms with Crippen LogP contribution in [0.15, 0.2) is 53.3 Å². The molecule has 3 nitrogen and oxygen atoms in total. The molecular formula is C18H16FNO2. The van der Waals surface area contributed by atoms with Crippen molar-refractivity contribution in [1.29, 1.82) is 0 Å². The molecule has 0 N–H and O–H groups in total. The fourth-order valence-corrected chi connectivity index (χ4v) is 2.69. The number of ether oxygens (including phenoxy) is 1. The molecule has 0 fully saturated rings. The summed E-state index contributed by atoms with van der Waals surface area (Å²) in [5.74, 6) is 0.285. The molecule has 112 valence electrons. The number of aromatic nitrogens is 1. The van der Waals surface area contributed by atoms with Crippen LogP contribution < -0.4 is 10.3 Å². The van der Waals surface area contributed by atoms with E-state index in [4.69, 9.17) is 4.74 Å². The van der Waals surface area contributed by atoms with Crippen molar-refractivity contribution in [2.24, 2.45) is 0 Å². The Kier molecular flexibility index (Phi) is 3.67. The summed E-state index contributed by atoms with van der Waals surface area (Å²) in [6, 6.07) is 13.7. The standard InChI is InChI=1S/C18H16FNO2/c1-12-10-17(21)20(11-13-6-3-4-8-15(13)19)18-14(12)7-5-9-16(18)22-2/h3-10H,11H2,1-2H3. The normalized spacial score (nSPS) is 10.9. The Morgan fingerprint density at radius 1 is 1.14 bits per heavy atom. The fraction of sp³-hybridized carbons (Fsp3) is 0.167. The van der Waals surface area contributed by atoms with Crippen molar-refractivity contribution in [2.75, 3.05) is 7.11 Å². The molecule has 3 rings (SSSR count). The van der Waals surface area contributed by atoms with E-state index in [2.05, 4.69) is 0 Å². The van der Waals surface area contributed by atoms with Crippen molar-refractivity contribution >= 4 is 10.9 Å². The van der Waals surface area contributed by atoms with Gasteiger partial charge in [0.15, 0.2) is 0 Å². The SMILES string of the molecule is COc1cccc2c(C)cc(=O)n(Cc3ccccc3F)c12. The lowest BCUT2D eigenvalue weighted by Crippen LogP contribution is -2.22. The van der Waals surface area contributed by atoms with E-state index in [1.54, 1.807) is 42.0 Å². The van der Waals surface area contributed by atoms with Crippen molar-refractivity contribution < 1.29 is 9.13 Å². The molecule has 0 aliphatic rings. The number of nitrogens with zero attached hydrogens (tertiary/aromatic N) is 1. The molecule has 0 spiro atoms. The number of aryl methyl sites for hydroxylation is 1. The molecule has 22 heavy (non-hydrogen) atoms. The van der Waals surface area contributed by atoms with Gasteiger partial charge in [-0.3, -0.25) is 4.79 Å². The van der Waals surface area contributed by atoms with Crippen LogP contribution in [0.5, 0.6) is 5.75 Å². The number of hydrogen-bond acceptors (Lipinski definition) is 2. The largest absolute Gasteiger partial charge is 0.495 e. The van der Waals surface area contributed by atoms with Crippen molar-refractivity contribution in [3.05, 3.63) is 75.8 Å². The van der Waals surface area contributed by atoms with Crippen molar-refractivity contribution in [3.8, 4) is 5.75 Å². The van der Waals surface area contributed by atoms with Gasteiger partial charge in [-0.1, -0.05) is 30.3 Å². The second-order valence-electron chi connectivity index (χ2n) is 5.20. The second-order valence-corrected chi connectivity index (χ2v) is 5.20. The third-order valence-electron chi connectivity index (χ3n) is 3.81. The molecule has 0 aliphatic carbocycles. The molecule has 0 amide bonds. The quantitative estimate of drug-likeness (QED) is 0.741. The van der Waals surface area contributed by atoms with E-state index in [1.165, 1.54) is 6.07 Å². The highest BCUT2D eigenvalue weighted by molar-refractivity contribution is 5.87. The van der Waals surface area contributed by atoms with Crippen molar-refractivity contribution in [1.82, 2.24) is 4.57 Å². The highest BCUT2D eigenvalue weighted by Crippen LogP contribution is 2.27. The summed E-state index contributed by atoms with van der Waals surface area (Å²) in [7, 11) is 1.56. The molecular weight excluding hydrogens is 281 g/mol. The number of benzene rings is 2. The van der Waals surface area contributed by atoms with Crippen LogP contribution in [0.25, 0.3) is 10.9 Å². The molecule has 0 saturated heterocycles. The topological polar surface area (TPSA) is 31.2 Å². The predicted octanol–water partition coefficient (Wildman–Crippen LogP) is 3.51. The maximum atomic E-state index is 13.9. The van der Waals surface area contributed by atoms with Crippen LogP contribution >= 0.6 is 0 Å². The van der Waals surface area contributed by atoms with Crippen LogP contribution in [0.2, 0.25) is 0 Å². The van der Waals surface area contributed by atoms with E-state index in [-0.39, 0.29) is 17.9 Å². The van der Waals surface area contributed by atoms with Gasteiger partial charge in [-0.2, -0.15) is 0 Å². The van der Waals surface area contributed by atoms with Gasteiger partial charge in [-0.05, 0) is 24.6 Å². The average Bonchev–Trinajstić information content (AvgIpc) is 2.52. The number of pyridine rings is 1. The molecule has 2 aromatic carbocycles. The van der Waals surface area contributed by atoms with Gasteiger partial charge in [-0.25, -0.2) is 4.39 Å². The Hall–Kier alpha value is -2.62. The van der Waals surface area contributed by atoms with Gasteiger partial charge in [0.2, 0.25) is 0 Å². The summed E-state index contributed by atoms with van der Waals surface area (Å²) in [6.07, 6.45) is 0. The third-order valence-corrected chi connectivity index (χ3v) is 3.81. The zero-order chi connectivity index (χ0) is 15.7. The first kappa shape index (κ1) is 14.3. The van der Waals surface area contributed by atoms with Crippen LogP contribution in [0.1, 0.15) is 11.1 Å². The fourth-order valence-electron chi connectivity index (χ4n) is 2.69. The minimum Gasteiger partial charge on any atom is -0.495 e. The number of hydrogen-bond donors (Lipinski definition) is 0. The molecule has 1 aromatic heterocycles. The summed E-state index contributed by atoms with van der Waals surface area (Å²) in [6.45, 7) is 2.05. The number of halogens is 1. The average molecular weight is 297 g/mol. The molecule has 0 saturated carbocycles. The molecule has 0 bridgehead atoms. The summed E-state index contributed by atoms with van der Waals surface area (Å²) in [5, 5.41) is 0.926. The van der Waals surface area contributed by atoms with Gasteiger partial charge in [0.05, 0.1) is 19.2 Å². The lowest BCUT2D eigenvalue weighted by molar-refractivity contribution is 0.417. The minimum atomic E-state index is -0.321. The van der Waals surface area contributed by atoms with Gasteiger partial charge in [-0.15, -0.1) is 0 Å². The first-order valence-corrected chi connectivity index (χ1v) is 7.02. The van der Waals surface area contributed by atoms with Gasteiger partial charge < -0.3 is 9.30 Å². The molecule has 3 aromatic rings. The van der Waals surface area contributed by atoms with Crippen LogP contribution in [0.3, 0.4) is 0 Å². The van der Waals surface area contributed by atoms with E-state index in [9.17, 15) is 9.18 Å². The number of para-hydroxylation sites is 1. The summed E-state index contributed by atoms with van der Waals surface area (Å²) in [5.41, 5.74) is 1.88. The summed E-state index contributed by atoms with van der Waals surface area (Å²) in [4.78, 5) is 12.4. The molecule has 4 heteroatoms. The first-order chi connectivity index (χ1) is 10.6. The second kappa shape index (κ2) is 5.64. The van der Waals surface area contributed by atoms with Crippen LogP contribution in [-0.4, -0.2) is 11.7 Å². The van der Waals surface area contributed by atoms with Crippen molar-refractivity contribution in [2.45, 2.75) is 13.5 Å². The minimum absolute atomic E-state index is 0.169. The first-order valence-electron chi connectivity index (χ1n) is 7.02. The zero-order valence-corrected chi connectivity index (χ0v) is 12.5. The molecule has 0 aliphatic heterocycles. The van der Waals surface area contributed by atoms with Crippen molar-refractivity contribution in [3.63, 3.8) is 0 Å². The van der Waals surface area contributed by atoms with Gasteiger partial charge in [0.25, 0.3) is 5.56 Å². The van der Waals surface area contributed by atoms with Crippen LogP contribution in [-0.2, 0) is 6.54 Å². The molecule has 1 heterocycles. The lowest BCUT2D eigenvalue weighted by Gasteiger charge is -2.15. The predicted molar refractivity (Wildman–Crippen MR) is 85.0 cm³/mol. The maximum Gasteiger partial charge on any atom is 0.251 e. The zero-order valence-electron chi connectivity index (χ0n) is 12.5. The number of methoxy groups -OCH3 is 1. The maximum absolute atomic E-state index is 13.9. The Morgan fingerprint density at radius 3 is 2.64 bits per heavy atom. The van der Waals surface area contributed by atoms with Gasteiger partial charge >= 0.3 is 0 Å². The highest BCUT2D eigenvalue weighted by atomic mass is 19.1. The smallest absolute Gasteiger partial charge is 0.251 e. The lowest BCUT2D eigenvalue weighted by atomic mass is 10.1. The highest BCUT2D eigenvalue weighted by Gasteiger charge is 2.12.